The second kappa shape index (κ2) is 7.26. The molecule has 4 rings (SSSR count). The Bertz CT molecular complexity index is 1150. The number of halogens is 2. The van der Waals surface area contributed by atoms with Gasteiger partial charge in [-0.2, -0.15) is 0 Å². The van der Waals surface area contributed by atoms with E-state index in [1.54, 1.807) is 35.0 Å². The normalized spacial score (nSPS) is 11.1. The quantitative estimate of drug-likeness (QED) is 0.499. The van der Waals surface area contributed by atoms with Crippen LogP contribution in [0.1, 0.15) is 17.3 Å². The van der Waals surface area contributed by atoms with Crippen LogP contribution >= 0.6 is 34.5 Å². The highest BCUT2D eigenvalue weighted by atomic mass is 35.5. The van der Waals surface area contributed by atoms with Crippen LogP contribution < -0.4 is 5.32 Å². The third kappa shape index (κ3) is 3.53. The van der Waals surface area contributed by atoms with E-state index < -0.39 is 0 Å². The average molecular weight is 418 g/mol. The zero-order valence-corrected chi connectivity index (χ0v) is 16.4. The zero-order valence-electron chi connectivity index (χ0n) is 14.1. The Morgan fingerprint density at radius 2 is 2.07 bits per heavy atom. The van der Waals surface area contributed by atoms with Gasteiger partial charge in [-0.05, 0) is 43.3 Å². The summed E-state index contributed by atoms with van der Waals surface area (Å²) in [5.41, 5.74) is 3.50. The second-order valence-electron chi connectivity index (χ2n) is 5.72. The number of carbonyl (C=O) groups is 1. The van der Waals surface area contributed by atoms with Gasteiger partial charge in [-0.1, -0.05) is 28.4 Å². The van der Waals surface area contributed by atoms with Crippen LogP contribution in [0.4, 0.5) is 5.13 Å². The van der Waals surface area contributed by atoms with Gasteiger partial charge in [0, 0.05) is 28.1 Å². The maximum Gasteiger partial charge on any atom is 0.257 e. The van der Waals surface area contributed by atoms with Crippen LogP contribution in [0.25, 0.3) is 22.3 Å². The van der Waals surface area contributed by atoms with Gasteiger partial charge in [-0.3, -0.25) is 10.1 Å². The van der Waals surface area contributed by atoms with E-state index >= 15 is 0 Å². The molecule has 1 N–H and O–H groups in total. The number of benzene rings is 2. The SMILES string of the molecule is CCn1nnc2cc(C(=O)Nc3nc(-c4ccc(Cl)cc4Cl)cs3)ccc21. The number of amides is 1. The van der Waals surface area contributed by atoms with Crippen LogP contribution in [0.15, 0.2) is 41.8 Å². The smallest absolute Gasteiger partial charge is 0.257 e. The molecule has 0 aliphatic carbocycles. The highest BCUT2D eigenvalue weighted by Gasteiger charge is 2.13. The number of nitrogens with one attached hydrogen (secondary N) is 1. The summed E-state index contributed by atoms with van der Waals surface area (Å²) in [4.78, 5) is 17.0. The van der Waals surface area contributed by atoms with Crippen molar-refractivity contribution in [1.82, 2.24) is 20.0 Å². The van der Waals surface area contributed by atoms with Crippen molar-refractivity contribution in [2.75, 3.05) is 5.32 Å². The highest BCUT2D eigenvalue weighted by Crippen LogP contribution is 2.32. The number of hydrogen-bond donors (Lipinski definition) is 1. The van der Waals surface area contributed by atoms with Gasteiger partial charge in [0.1, 0.15) is 5.52 Å². The molecule has 6 nitrogen and oxygen atoms in total. The number of hydrogen-bond acceptors (Lipinski definition) is 5. The van der Waals surface area contributed by atoms with E-state index in [9.17, 15) is 4.79 Å². The van der Waals surface area contributed by atoms with Gasteiger partial charge < -0.3 is 0 Å². The van der Waals surface area contributed by atoms with E-state index in [0.29, 0.717) is 32.0 Å². The van der Waals surface area contributed by atoms with Crippen molar-refractivity contribution in [3.05, 3.63) is 57.4 Å². The van der Waals surface area contributed by atoms with Crippen molar-refractivity contribution in [1.29, 1.82) is 0 Å². The molecule has 0 radical (unpaired) electrons. The van der Waals surface area contributed by atoms with Gasteiger partial charge in [-0.25, -0.2) is 9.67 Å². The Hall–Kier alpha value is -2.48. The summed E-state index contributed by atoms with van der Waals surface area (Å²) in [5, 5.41) is 14.3. The van der Waals surface area contributed by atoms with Gasteiger partial charge in [0.2, 0.25) is 0 Å². The molecular weight excluding hydrogens is 405 g/mol. The molecule has 27 heavy (non-hydrogen) atoms. The maximum atomic E-state index is 12.5. The molecule has 0 saturated heterocycles. The van der Waals surface area contributed by atoms with E-state index in [1.165, 1.54) is 11.3 Å². The maximum absolute atomic E-state index is 12.5. The summed E-state index contributed by atoms with van der Waals surface area (Å²) < 4.78 is 1.78. The van der Waals surface area contributed by atoms with Crippen molar-refractivity contribution in [3.8, 4) is 11.3 Å². The summed E-state index contributed by atoms with van der Waals surface area (Å²) >= 11 is 13.5. The number of thiazole rings is 1. The van der Waals surface area contributed by atoms with E-state index in [4.69, 9.17) is 23.2 Å². The minimum absolute atomic E-state index is 0.258. The molecule has 0 bridgehead atoms. The lowest BCUT2D eigenvalue weighted by atomic mass is 10.2. The number of nitrogens with zero attached hydrogens (tertiary/aromatic N) is 4. The third-order valence-corrected chi connectivity index (χ3v) is 5.31. The molecule has 4 aromatic rings. The number of rotatable bonds is 4. The molecule has 0 aliphatic rings. The molecule has 1 amide bonds. The topological polar surface area (TPSA) is 72.7 Å². The Morgan fingerprint density at radius 3 is 2.85 bits per heavy atom. The monoisotopic (exact) mass is 417 g/mol. The molecule has 9 heteroatoms. The summed E-state index contributed by atoms with van der Waals surface area (Å²) in [6.45, 7) is 2.71. The second-order valence-corrected chi connectivity index (χ2v) is 7.43. The lowest BCUT2D eigenvalue weighted by Crippen LogP contribution is -2.11. The van der Waals surface area contributed by atoms with Crippen LogP contribution in [0.3, 0.4) is 0 Å². The lowest BCUT2D eigenvalue weighted by Gasteiger charge is -2.03. The Kier molecular flexibility index (Phi) is 4.82. The van der Waals surface area contributed by atoms with Gasteiger partial charge in [-0.15, -0.1) is 16.4 Å². The molecule has 0 unspecified atom stereocenters. The highest BCUT2D eigenvalue weighted by molar-refractivity contribution is 7.14. The molecule has 0 aliphatic heterocycles. The predicted octanol–water partition coefficient (Wildman–Crippen LogP) is 5.13. The Balaban J connectivity index is 1.56. The Labute approximate surface area is 168 Å². The number of aromatic nitrogens is 4. The van der Waals surface area contributed by atoms with E-state index in [0.717, 1.165) is 17.6 Å². The van der Waals surface area contributed by atoms with Crippen molar-refractivity contribution in [3.63, 3.8) is 0 Å². The van der Waals surface area contributed by atoms with Crippen molar-refractivity contribution in [2.24, 2.45) is 0 Å². The van der Waals surface area contributed by atoms with Gasteiger partial charge in [0.15, 0.2) is 5.13 Å². The minimum atomic E-state index is -0.258. The standard InChI is InChI=1S/C18H13Cl2N5OS/c1-2-25-16-6-3-10(7-14(16)23-24-25)17(26)22-18-21-15(9-27-18)12-5-4-11(19)8-13(12)20/h3-9H,2H2,1H3,(H,21,22,26). The Morgan fingerprint density at radius 1 is 1.22 bits per heavy atom. The fourth-order valence-corrected chi connectivity index (χ4v) is 3.88. The fourth-order valence-electron chi connectivity index (χ4n) is 2.67. The van der Waals surface area contributed by atoms with Crippen LogP contribution in [0.5, 0.6) is 0 Å². The first kappa shape index (κ1) is 17.9. The van der Waals surface area contributed by atoms with Crippen LogP contribution in [-0.2, 0) is 6.54 Å². The first-order chi connectivity index (χ1) is 13.0. The van der Waals surface area contributed by atoms with Gasteiger partial charge in [0.05, 0.1) is 16.2 Å². The number of fused-ring (bicyclic) bond motifs is 1. The van der Waals surface area contributed by atoms with E-state index in [1.807, 2.05) is 18.4 Å². The van der Waals surface area contributed by atoms with Crippen LogP contribution in [0.2, 0.25) is 10.0 Å². The number of anilines is 1. The molecular formula is C18H13Cl2N5OS. The first-order valence-corrected chi connectivity index (χ1v) is 9.74. The predicted molar refractivity (Wildman–Crippen MR) is 109 cm³/mol. The van der Waals surface area contributed by atoms with Gasteiger partial charge in [0.25, 0.3) is 5.91 Å². The summed E-state index contributed by atoms with van der Waals surface area (Å²) in [5.74, 6) is -0.258. The lowest BCUT2D eigenvalue weighted by molar-refractivity contribution is 0.102. The van der Waals surface area contributed by atoms with Crippen molar-refractivity contribution >= 4 is 56.6 Å². The average Bonchev–Trinajstić information content (AvgIpc) is 3.27. The van der Waals surface area contributed by atoms with E-state index in [-0.39, 0.29) is 5.91 Å². The summed E-state index contributed by atoms with van der Waals surface area (Å²) in [6, 6.07) is 10.5. The number of aryl methyl sites for hydroxylation is 1. The minimum Gasteiger partial charge on any atom is -0.298 e. The molecule has 0 saturated carbocycles. The van der Waals surface area contributed by atoms with Gasteiger partial charge >= 0.3 is 0 Å². The van der Waals surface area contributed by atoms with Crippen LogP contribution in [0, 0.1) is 0 Å². The number of carbonyl (C=O) groups excluding carboxylic acids is 1. The largest absolute Gasteiger partial charge is 0.298 e. The molecule has 0 atom stereocenters. The van der Waals surface area contributed by atoms with E-state index in [2.05, 4.69) is 20.6 Å². The molecule has 2 aromatic heterocycles. The molecule has 2 heterocycles. The molecule has 0 fully saturated rings. The summed E-state index contributed by atoms with van der Waals surface area (Å²) in [7, 11) is 0. The fraction of sp³-hybridized carbons (Fsp3) is 0.111. The molecule has 136 valence electrons. The van der Waals surface area contributed by atoms with Crippen molar-refractivity contribution in [2.45, 2.75) is 13.5 Å². The van der Waals surface area contributed by atoms with Crippen molar-refractivity contribution < 1.29 is 4.79 Å². The zero-order chi connectivity index (χ0) is 19.0. The first-order valence-electron chi connectivity index (χ1n) is 8.10. The summed E-state index contributed by atoms with van der Waals surface area (Å²) in [6.07, 6.45) is 0. The van der Waals surface area contributed by atoms with Crippen LogP contribution in [-0.4, -0.2) is 25.9 Å². The third-order valence-electron chi connectivity index (χ3n) is 4.01. The molecule has 2 aromatic carbocycles. The molecule has 0 spiro atoms.